The summed E-state index contributed by atoms with van der Waals surface area (Å²) >= 11 is 0. The summed E-state index contributed by atoms with van der Waals surface area (Å²) in [5, 5.41) is 16.4. The Hall–Kier alpha value is -4.72. The average molecular weight is 469 g/mol. The molecule has 0 fully saturated rings. The molecule has 3 aromatic rings. The van der Waals surface area contributed by atoms with Crippen LogP contribution in [0, 0.1) is 0 Å². The third-order valence-corrected chi connectivity index (χ3v) is 6.03. The lowest BCUT2D eigenvalue weighted by Gasteiger charge is -2.26. The number of nitrogens with one attached hydrogen (secondary N) is 2. The van der Waals surface area contributed by atoms with Crippen molar-refractivity contribution in [1.82, 2.24) is 20.4 Å². The number of carbonyl (C=O) groups is 2. The molecule has 0 saturated carbocycles. The number of ether oxygens (including phenoxy) is 1. The van der Waals surface area contributed by atoms with Crippen LogP contribution >= 0.6 is 0 Å². The summed E-state index contributed by atoms with van der Waals surface area (Å²) in [4.78, 5) is 27.5. The highest BCUT2D eigenvalue weighted by atomic mass is 16.5. The van der Waals surface area contributed by atoms with Crippen molar-refractivity contribution in [3.63, 3.8) is 0 Å². The quantitative estimate of drug-likeness (QED) is 0.502. The number of nitrogens with zero attached hydrogens (tertiary/aromatic N) is 2. The summed E-state index contributed by atoms with van der Waals surface area (Å²) in [6.07, 6.45) is 0.902. The summed E-state index contributed by atoms with van der Waals surface area (Å²) in [7, 11) is 1.36. The van der Waals surface area contributed by atoms with Gasteiger partial charge >= 0.3 is 12.2 Å². The van der Waals surface area contributed by atoms with Crippen molar-refractivity contribution in [2.45, 2.75) is 12.3 Å². The molecule has 3 aromatic carbocycles. The number of rotatable bonds is 4. The lowest BCUT2D eigenvalue weighted by molar-refractivity contribution is 0.131. The lowest BCUT2D eigenvalue weighted by Crippen LogP contribution is -2.34. The van der Waals surface area contributed by atoms with E-state index >= 15 is 0 Å². The van der Waals surface area contributed by atoms with Crippen LogP contribution in [0.3, 0.4) is 0 Å². The molecular weight excluding hydrogens is 444 g/mol. The number of amides is 2. The Kier molecular flexibility index (Phi) is 5.85. The van der Waals surface area contributed by atoms with E-state index in [1.807, 2.05) is 84.9 Å². The SMILES string of the molecule is COC(=O)N1C(c2cccc(C3=CN(C(=O)O)C(c4ccccc4)N3)c2)=CNC1c1ccccc1. The molecule has 0 saturated heterocycles. The predicted molar refractivity (Wildman–Crippen MR) is 131 cm³/mol. The molecule has 0 radical (unpaired) electrons. The van der Waals surface area contributed by atoms with Gasteiger partial charge in [0.1, 0.15) is 12.3 Å². The Morgan fingerprint density at radius 2 is 1.49 bits per heavy atom. The highest BCUT2D eigenvalue weighted by molar-refractivity contribution is 5.85. The van der Waals surface area contributed by atoms with Gasteiger partial charge in [0, 0.05) is 18.0 Å². The Bertz CT molecular complexity index is 1310. The largest absolute Gasteiger partial charge is 0.465 e. The molecule has 2 amide bonds. The second kappa shape index (κ2) is 9.26. The highest BCUT2D eigenvalue weighted by Crippen LogP contribution is 2.36. The zero-order valence-electron chi connectivity index (χ0n) is 19.0. The third kappa shape index (κ3) is 4.17. The van der Waals surface area contributed by atoms with Crippen LogP contribution in [-0.2, 0) is 4.74 Å². The van der Waals surface area contributed by atoms with Crippen molar-refractivity contribution in [3.8, 4) is 0 Å². The van der Waals surface area contributed by atoms with E-state index < -0.39 is 24.5 Å². The fourth-order valence-electron chi connectivity index (χ4n) is 4.36. The molecule has 3 N–H and O–H groups in total. The van der Waals surface area contributed by atoms with Crippen molar-refractivity contribution < 1.29 is 19.4 Å². The summed E-state index contributed by atoms with van der Waals surface area (Å²) in [5.74, 6) is 0. The molecule has 176 valence electrons. The summed E-state index contributed by atoms with van der Waals surface area (Å²) in [6, 6.07) is 26.6. The topological polar surface area (TPSA) is 94.1 Å². The van der Waals surface area contributed by atoms with Gasteiger partial charge in [-0.3, -0.25) is 9.80 Å². The first-order valence-electron chi connectivity index (χ1n) is 11.1. The van der Waals surface area contributed by atoms with Gasteiger partial charge in [-0.1, -0.05) is 78.9 Å². The minimum atomic E-state index is -1.05. The van der Waals surface area contributed by atoms with Gasteiger partial charge < -0.3 is 20.5 Å². The average Bonchev–Trinajstić information content (AvgIpc) is 3.55. The first-order valence-corrected chi connectivity index (χ1v) is 11.1. The fraction of sp³-hybridized carbons (Fsp3) is 0.111. The molecule has 0 aliphatic carbocycles. The molecule has 2 heterocycles. The van der Waals surface area contributed by atoms with Crippen LogP contribution in [0.15, 0.2) is 97.3 Å². The van der Waals surface area contributed by atoms with Crippen LogP contribution in [0.4, 0.5) is 9.59 Å². The van der Waals surface area contributed by atoms with Gasteiger partial charge in [0.2, 0.25) is 0 Å². The first kappa shape index (κ1) is 22.1. The lowest BCUT2D eigenvalue weighted by atomic mass is 10.1. The van der Waals surface area contributed by atoms with Crippen molar-refractivity contribution >= 4 is 23.6 Å². The molecule has 5 rings (SSSR count). The third-order valence-electron chi connectivity index (χ3n) is 6.03. The van der Waals surface area contributed by atoms with Crippen LogP contribution in [0.25, 0.3) is 11.4 Å². The Labute approximate surface area is 202 Å². The van der Waals surface area contributed by atoms with E-state index in [0.29, 0.717) is 11.4 Å². The monoisotopic (exact) mass is 468 g/mol. The van der Waals surface area contributed by atoms with Crippen LogP contribution in [-0.4, -0.2) is 34.2 Å². The molecule has 35 heavy (non-hydrogen) atoms. The molecule has 2 aliphatic rings. The van der Waals surface area contributed by atoms with Gasteiger partial charge in [-0.2, -0.15) is 0 Å². The zero-order valence-corrected chi connectivity index (χ0v) is 19.0. The van der Waals surface area contributed by atoms with E-state index in [0.717, 1.165) is 22.3 Å². The molecule has 0 spiro atoms. The maximum atomic E-state index is 12.8. The Morgan fingerprint density at radius 1 is 0.857 bits per heavy atom. The van der Waals surface area contributed by atoms with Gasteiger partial charge in [-0.05, 0) is 22.8 Å². The van der Waals surface area contributed by atoms with Crippen LogP contribution in [0.5, 0.6) is 0 Å². The van der Waals surface area contributed by atoms with E-state index in [1.165, 1.54) is 12.0 Å². The van der Waals surface area contributed by atoms with E-state index in [9.17, 15) is 14.7 Å². The number of methoxy groups -OCH3 is 1. The number of hydrogen-bond donors (Lipinski definition) is 3. The normalized spacial score (nSPS) is 18.9. The van der Waals surface area contributed by atoms with Gasteiger partial charge in [0.15, 0.2) is 0 Å². The minimum absolute atomic E-state index is 0.406. The number of hydrogen-bond acceptors (Lipinski definition) is 5. The molecule has 0 aromatic heterocycles. The smallest absolute Gasteiger partial charge is 0.416 e. The van der Waals surface area contributed by atoms with E-state index in [4.69, 9.17) is 4.74 Å². The zero-order chi connectivity index (χ0) is 24.4. The van der Waals surface area contributed by atoms with E-state index in [2.05, 4.69) is 10.6 Å². The molecule has 2 unspecified atom stereocenters. The highest BCUT2D eigenvalue weighted by Gasteiger charge is 2.35. The van der Waals surface area contributed by atoms with Gasteiger partial charge in [-0.25, -0.2) is 9.59 Å². The summed E-state index contributed by atoms with van der Waals surface area (Å²) < 4.78 is 5.08. The Balaban J connectivity index is 1.46. The predicted octanol–water partition coefficient (Wildman–Crippen LogP) is 4.94. The first-order chi connectivity index (χ1) is 17.1. The number of carbonyl (C=O) groups excluding carboxylic acids is 1. The Morgan fingerprint density at radius 3 is 2.11 bits per heavy atom. The second-order valence-electron chi connectivity index (χ2n) is 8.12. The number of benzene rings is 3. The molecule has 2 aliphatic heterocycles. The van der Waals surface area contributed by atoms with Crippen LogP contribution in [0.1, 0.15) is 34.6 Å². The summed E-state index contributed by atoms with van der Waals surface area (Å²) in [6.45, 7) is 0. The second-order valence-corrected chi connectivity index (χ2v) is 8.12. The number of carboxylic acid groups (broad SMARTS) is 1. The van der Waals surface area contributed by atoms with Crippen molar-refractivity contribution in [2.75, 3.05) is 7.11 Å². The van der Waals surface area contributed by atoms with Crippen LogP contribution < -0.4 is 10.6 Å². The molecular formula is C27H24N4O4. The van der Waals surface area contributed by atoms with Crippen LogP contribution in [0.2, 0.25) is 0 Å². The maximum Gasteiger partial charge on any atom is 0.416 e. The van der Waals surface area contributed by atoms with Gasteiger partial charge in [0.25, 0.3) is 0 Å². The van der Waals surface area contributed by atoms with E-state index in [-0.39, 0.29) is 0 Å². The minimum Gasteiger partial charge on any atom is -0.465 e. The summed E-state index contributed by atoms with van der Waals surface area (Å²) in [5.41, 5.74) is 4.65. The fourth-order valence-corrected chi connectivity index (χ4v) is 4.36. The van der Waals surface area contributed by atoms with Crippen molar-refractivity contribution in [1.29, 1.82) is 0 Å². The molecule has 8 nitrogen and oxygen atoms in total. The van der Waals surface area contributed by atoms with Gasteiger partial charge in [0.05, 0.1) is 18.5 Å². The maximum absolute atomic E-state index is 12.8. The standard InChI is InChI=1S/C27H24N4O4/c1-35-27(34)31-23(16-28-24(31)18-9-4-2-5-10-18)21-14-8-13-20(15-21)22-17-30(26(32)33)25(29-22)19-11-6-3-7-12-19/h2-17,24-25,28-29H,1H3,(H,32,33). The van der Waals surface area contributed by atoms with Crippen molar-refractivity contribution in [3.05, 3.63) is 120 Å². The van der Waals surface area contributed by atoms with Crippen molar-refractivity contribution in [2.24, 2.45) is 0 Å². The van der Waals surface area contributed by atoms with Gasteiger partial charge in [-0.15, -0.1) is 0 Å². The molecule has 0 bridgehead atoms. The molecule has 2 atom stereocenters. The van der Waals surface area contributed by atoms with E-state index in [1.54, 1.807) is 17.3 Å². The molecule has 8 heteroatoms.